The Morgan fingerprint density at radius 1 is 1.33 bits per heavy atom. The van der Waals surface area contributed by atoms with Gasteiger partial charge in [0.1, 0.15) is 11.5 Å². The zero-order valence-corrected chi connectivity index (χ0v) is 11.2. The van der Waals surface area contributed by atoms with Gasteiger partial charge in [-0.3, -0.25) is 4.90 Å². The maximum Gasteiger partial charge on any atom is 0.123 e. The predicted molar refractivity (Wildman–Crippen MR) is 70.9 cm³/mol. The number of aliphatic hydroxyl groups is 1. The van der Waals surface area contributed by atoms with E-state index in [1.165, 1.54) is 0 Å². The molecule has 0 aliphatic rings. The van der Waals surface area contributed by atoms with E-state index in [9.17, 15) is 5.11 Å². The second-order valence-corrected chi connectivity index (χ2v) is 4.26. The van der Waals surface area contributed by atoms with Crippen molar-refractivity contribution in [1.29, 1.82) is 0 Å². The van der Waals surface area contributed by atoms with Gasteiger partial charge in [0.05, 0.1) is 20.3 Å². The molecule has 0 saturated carbocycles. The van der Waals surface area contributed by atoms with Crippen molar-refractivity contribution in [3.05, 3.63) is 23.8 Å². The standard InChI is InChI=1S/C13H22N2O3/c1-15(9-11(16)7-14)8-10-6-12(17-2)4-5-13(10)18-3/h4-6,11,16H,7-9,14H2,1-3H3. The minimum absolute atomic E-state index is 0.263. The monoisotopic (exact) mass is 254 g/mol. The molecule has 0 saturated heterocycles. The van der Waals surface area contributed by atoms with Crippen LogP contribution < -0.4 is 15.2 Å². The molecule has 0 spiro atoms. The van der Waals surface area contributed by atoms with Crippen molar-refractivity contribution in [2.75, 3.05) is 34.4 Å². The topological polar surface area (TPSA) is 68.0 Å². The number of methoxy groups -OCH3 is 2. The number of nitrogens with two attached hydrogens (primary N) is 1. The fourth-order valence-corrected chi connectivity index (χ4v) is 1.80. The number of aliphatic hydroxyl groups excluding tert-OH is 1. The van der Waals surface area contributed by atoms with Gasteiger partial charge < -0.3 is 20.3 Å². The Morgan fingerprint density at radius 2 is 2.06 bits per heavy atom. The number of hydrogen-bond acceptors (Lipinski definition) is 5. The van der Waals surface area contributed by atoms with Crippen LogP contribution in [0.3, 0.4) is 0 Å². The van der Waals surface area contributed by atoms with Crippen LogP contribution >= 0.6 is 0 Å². The molecule has 0 aromatic heterocycles. The SMILES string of the molecule is COc1ccc(OC)c(CN(C)CC(O)CN)c1. The Labute approximate surface area is 108 Å². The zero-order chi connectivity index (χ0) is 13.5. The average Bonchev–Trinajstić information content (AvgIpc) is 2.38. The molecule has 1 aromatic carbocycles. The van der Waals surface area contributed by atoms with Crippen LogP contribution in [0.25, 0.3) is 0 Å². The molecule has 0 aliphatic heterocycles. The van der Waals surface area contributed by atoms with Crippen LogP contribution in [0.5, 0.6) is 11.5 Å². The Bertz CT molecular complexity index is 371. The quantitative estimate of drug-likeness (QED) is 0.739. The summed E-state index contributed by atoms with van der Waals surface area (Å²) in [6.07, 6.45) is -0.508. The molecule has 5 nitrogen and oxygen atoms in total. The summed E-state index contributed by atoms with van der Waals surface area (Å²) in [5.41, 5.74) is 6.41. The van der Waals surface area contributed by atoms with Crippen LogP contribution in [0.2, 0.25) is 0 Å². The van der Waals surface area contributed by atoms with E-state index in [1.54, 1.807) is 14.2 Å². The second kappa shape index (κ2) is 7.20. The van der Waals surface area contributed by atoms with Crippen LogP contribution in [-0.4, -0.2) is 50.5 Å². The first-order valence-electron chi connectivity index (χ1n) is 5.88. The molecule has 0 bridgehead atoms. The fraction of sp³-hybridized carbons (Fsp3) is 0.538. The fourth-order valence-electron chi connectivity index (χ4n) is 1.80. The molecule has 0 amide bonds. The Balaban J connectivity index is 2.75. The third kappa shape index (κ3) is 4.18. The molecule has 1 unspecified atom stereocenters. The first-order chi connectivity index (χ1) is 8.60. The number of nitrogens with zero attached hydrogens (tertiary/aromatic N) is 1. The van der Waals surface area contributed by atoms with Crippen LogP contribution in [0, 0.1) is 0 Å². The van der Waals surface area contributed by atoms with Gasteiger partial charge in [0.25, 0.3) is 0 Å². The van der Waals surface area contributed by atoms with Crippen LogP contribution in [0.1, 0.15) is 5.56 Å². The van der Waals surface area contributed by atoms with E-state index in [1.807, 2.05) is 30.1 Å². The van der Waals surface area contributed by atoms with Crippen molar-refractivity contribution in [3.63, 3.8) is 0 Å². The van der Waals surface area contributed by atoms with Crippen molar-refractivity contribution in [3.8, 4) is 11.5 Å². The lowest BCUT2D eigenvalue weighted by molar-refractivity contribution is 0.129. The van der Waals surface area contributed by atoms with Gasteiger partial charge in [-0.05, 0) is 25.2 Å². The van der Waals surface area contributed by atoms with Crippen molar-refractivity contribution in [1.82, 2.24) is 4.90 Å². The second-order valence-electron chi connectivity index (χ2n) is 4.26. The van der Waals surface area contributed by atoms with E-state index < -0.39 is 6.10 Å². The molecule has 5 heteroatoms. The highest BCUT2D eigenvalue weighted by molar-refractivity contribution is 5.40. The maximum absolute atomic E-state index is 9.51. The minimum atomic E-state index is -0.508. The van der Waals surface area contributed by atoms with Crippen LogP contribution in [0.4, 0.5) is 0 Å². The van der Waals surface area contributed by atoms with Gasteiger partial charge in [-0.1, -0.05) is 0 Å². The molecular formula is C13H22N2O3. The molecule has 1 aromatic rings. The lowest BCUT2D eigenvalue weighted by atomic mass is 10.1. The Morgan fingerprint density at radius 3 is 2.61 bits per heavy atom. The lowest BCUT2D eigenvalue weighted by Crippen LogP contribution is -2.33. The molecule has 1 rings (SSSR count). The summed E-state index contributed by atoms with van der Waals surface area (Å²) in [6.45, 7) is 1.45. The zero-order valence-electron chi connectivity index (χ0n) is 11.2. The molecule has 3 N–H and O–H groups in total. The van der Waals surface area contributed by atoms with Gasteiger partial charge in [0, 0.05) is 25.2 Å². The molecule has 1 atom stereocenters. The number of rotatable bonds is 7. The highest BCUT2D eigenvalue weighted by atomic mass is 16.5. The summed E-state index contributed by atoms with van der Waals surface area (Å²) in [6, 6.07) is 5.67. The summed E-state index contributed by atoms with van der Waals surface area (Å²) >= 11 is 0. The van der Waals surface area contributed by atoms with E-state index in [2.05, 4.69) is 0 Å². The van der Waals surface area contributed by atoms with Gasteiger partial charge in [-0.2, -0.15) is 0 Å². The largest absolute Gasteiger partial charge is 0.497 e. The van der Waals surface area contributed by atoms with Gasteiger partial charge >= 0.3 is 0 Å². The van der Waals surface area contributed by atoms with Gasteiger partial charge in [0.15, 0.2) is 0 Å². The molecule has 0 aliphatic carbocycles. The van der Waals surface area contributed by atoms with Crippen molar-refractivity contribution < 1.29 is 14.6 Å². The highest BCUT2D eigenvalue weighted by Crippen LogP contribution is 2.24. The van der Waals surface area contributed by atoms with E-state index in [4.69, 9.17) is 15.2 Å². The Kier molecular flexibility index (Phi) is 5.91. The van der Waals surface area contributed by atoms with E-state index in [0.717, 1.165) is 17.1 Å². The van der Waals surface area contributed by atoms with Gasteiger partial charge in [-0.15, -0.1) is 0 Å². The van der Waals surface area contributed by atoms with Gasteiger partial charge in [-0.25, -0.2) is 0 Å². The minimum Gasteiger partial charge on any atom is -0.497 e. The first-order valence-corrected chi connectivity index (χ1v) is 5.88. The summed E-state index contributed by atoms with van der Waals surface area (Å²) in [4.78, 5) is 1.99. The van der Waals surface area contributed by atoms with Crippen LogP contribution in [-0.2, 0) is 6.54 Å². The van der Waals surface area contributed by atoms with E-state index in [0.29, 0.717) is 13.1 Å². The van der Waals surface area contributed by atoms with Gasteiger partial charge in [0.2, 0.25) is 0 Å². The molecule has 0 radical (unpaired) electrons. The van der Waals surface area contributed by atoms with Crippen molar-refractivity contribution in [2.24, 2.45) is 5.73 Å². The number of benzene rings is 1. The molecule has 0 heterocycles. The summed E-state index contributed by atoms with van der Waals surface area (Å²) in [7, 11) is 5.20. The van der Waals surface area contributed by atoms with Crippen LogP contribution in [0.15, 0.2) is 18.2 Å². The molecular weight excluding hydrogens is 232 g/mol. The number of likely N-dealkylation sites (N-methyl/N-ethyl adjacent to an activating group) is 1. The summed E-state index contributed by atoms with van der Waals surface area (Å²) in [5, 5.41) is 9.51. The average molecular weight is 254 g/mol. The third-order valence-electron chi connectivity index (χ3n) is 2.72. The predicted octanol–water partition coefficient (Wildman–Crippen LogP) is 0.455. The van der Waals surface area contributed by atoms with Crippen molar-refractivity contribution >= 4 is 0 Å². The number of hydrogen-bond donors (Lipinski definition) is 2. The number of ether oxygens (including phenoxy) is 2. The summed E-state index contributed by atoms with van der Waals surface area (Å²) in [5.74, 6) is 1.60. The lowest BCUT2D eigenvalue weighted by Gasteiger charge is -2.21. The van der Waals surface area contributed by atoms with E-state index in [-0.39, 0.29) is 6.54 Å². The van der Waals surface area contributed by atoms with E-state index >= 15 is 0 Å². The van der Waals surface area contributed by atoms with Crippen molar-refractivity contribution in [2.45, 2.75) is 12.6 Å². The molecule has 102 valence electrons. The smallest absolute Gasteiger partial charge is 0.123 e. The first kappa shape index (κ1) is 14.8. The molecule has 0 fully saturated rings. The maximum atomic E-state index is 9.51. The Hall–Kier alpha value is -1.30. The summed E-state index contributed by atoms with van der Waals surface area (Å²) < 4.78 is 10.5. The highest BCUT2D eigenvalue weighted by Gasteiger charge is 2.10. The third-order valence-corrected chi connectivity index (χ3v) is 2.72. The molecule has 18 heavy (non-hydrogen) atoms. The normalized spacial score (nSPS) is 12.6.